The number of rotatable bonds is 6. The highest BCUT2D eigenvalue weighted by molar-refractivity contribution is 5.54. The summed E-state index contributed by atoms with van der Waals surface area (Å²) >= 11 is 0. The second-order valence-electron chi connectivity index (χ2n) is 4.94. The second-order valence-corrected chi connectivity index (χ2v) is 4.94. The minimum absolute atomic E-state index is 0.00980. The smallest absolute Gasteiger partial charge is 0.127 e. The summed E-state index contributed by atoms with van der Waals surface area (Å²) in [7, 11) is 0. The van der Waals surface area contributed by atoms with Gasteiger partial charge in [0.15, 0.2) is 0 Å². The van der Waals surface area contributed by atoms with Gasteiger partial charge in [0, 0.05) is 24.5 Å². The van der Waals surface area contributed by atoms with Crippen LogP contribution in [-0.4, -0.2) is 23.2 Å². The van der Waals surface area contributed by atoms with Gasteiger partial charge >= 0.3 is 0 Å². The minimum Gasteiger partial charge on any atom is -0.394 e. The predicted octanol–water partition coefficient (Wildman–Crippen LogP) is 2.83. The quantitative estimate of drug-likeness (QED) is 0.756. The number of hydrogen-bond donors (Lipinski definition) is 3. The van der Waals surface area contributed by atoms with Crippen LogP contribution in [0, 0.1) is 0 Å². The molecule has 4 heteroatoms. The van der Waals surface area contributed by atoms with Crippen molar-refractivity contribution in [2.45, 2.75) is 19.4 Å². The summed E-state index contributed by atoms with van der Waals surface area (Å²) in [4.78, 5) is 4.24. The number of benzene rings is 1. The van der Waals surface area contributed by atoms with Crippen molar-refractivity contribution < 1.29 is 5.11 Å². The first-order valence-electron chi connectivity index (χ1n) is 6.82. The molecular formula is C16H21N3O. The molecule has 106 valence electrons. The number of nitrogens with one attached hydrogen (secondary N) is 2. The van der Waals surface area contributed by atoms with E-state index >= 15 is 0 Å². The lowest BCUT2D eigenvalue weighted by Gasteiger charge is -2.30. The summed E-state index contributed by atoms with van der Waals surface area (Å²) in [5.74, 6) is 0.825. The maximum absolute atomic E-state index is 9.78. The average Bonchev–Trinajstić information content (AvgIpc) is 2.49. The van der Waals surface area contributed by atoms with Crippen LogP contribution in [0.5, 0.6) is 0 Å². The number of pyridine rings is 1. The molecule has 4 nitrogen and oxygen atoms in total. The second kappa shape index (κ2) is 6.39. The van der Waals surface area contributed by atoms with Crippen molar-refractivity contribution in [3.63, 3.8) is 0 Å². The molecule has 0 saturated heterocycles. The van der Waals surface area contributed by atoms with Crippen molar-refractivity contribution in [1.29, 1.82) is 0 Å². The van der Waals surface area contributed by atoms with Gasteiger partial charge in [-0.25, -0.2) is 4.98 Å². The van der Waals surface area contributed by atoms with Gasteiger partial charge < -0.3 is 15.7 Å². The Balaban J connectivity index is 2.24. The first-order valence-corrected chi connectivity index (χ1v) is 6.82. The van der Waals surface area contributed by atoms with Crippen LogP contribution in [0.3, 0.4) is 0 Å². The molecule has 0 aliphatic rings. The van der Waals surface area contributed by atoms with Gasteiger partial charge in [0.2, 0.25) is 0 Å². The van der Waals surface area contributed by atoms with Crippen LogP contribution < -0.4 is 10.6 Å². The molecule has 20 heavy (non-hydrogen) atoms. The molecule has 0 saturated carbocycles. The lowest BCUT2D eigenvalue weighted by molar-refractivity contribution is 0.224. The minimum atomic E-state index is -0.522. The van der Waals surface area contributed by atoms with E-state index in [1.165, 1.54) is 0 Å². The van der Waals surface area contributed by atoms with Crippen molar-refractivity contribution in [3.8, 4) is 0 Å². The lowest BCUT2D eigenvalue weighted by Crippen LogP contribution is -2.35. The van der Waals surface area contributed by atoms with E-state index in [0.717, 1.165) is 23.6 Å². The highest BCUT2D eigenvalue weighted by Gasteiger charge is 2.25. The predicted molar refractivity (Wildman–Crippen MR) is 82.9 cm³/mol. The van der Waals surface area contributed by atoms with Crippen LogP contribution in [0.2, 0.25) is 0 Å². The van der Waals surface area contributed by atoms with Gasteiger partial charge in [0.05, 0.1) is 12.1 Å². The molecule has 0 fully saturated rings. The van der Waals surface area contributed by atoms with Crippen LogP contribution in [0.15, 0.2) is 48.7 Å². The molecule has 2 aromatic rings. The largest absolute Gasteiger partial charge is 0.394 e. The maximum Gasteiger partial charge on any atom is 0.127 e. The number of aliphatic hydroxyl groups excluding tert-OH is 1. The molecule has 1 aromatic heterocycles. The molecule has 0 bridgehead atoms. The van der Waals surface area contributed by atoms with E-state index in [4.69, 9.17) is 0 Å². The Labute approximate surface area is 119 Å². The fourth-order valence-electron chi connectivity index (χ4n) is 2.11. The average molecular weight is 271 g/mol. The van der Waals surface area contributed by atoms with Crippen LogP contribution in [0.1, 0.15) is 19.4 Å². The topological polar surface area (TPSA) is 57.2 Å². The van der Waals surface area contributed by atoms with Crippen LogP contribution in [0.4, 0.5) is 11.5 Å². The summed E-state index contributed by atoms with van der Waals surface area (Å²) in [6.07, 6.45) is 1.75. The summed E-state index contributed by atoms with van der Waals surface area (Å²) in [5.41, 5.74) is 1.45. The van der Waals surface area contributed by atoms with Crippen LogP contribution in [0.25, 0.3) is 0 Å². The Morgan fingerprint density at radius 3 is 2.60 bits per heavy atom. The normalized spacial score (nSPS) is 13.6. The molecule has 0 aliphatic carbocycles. The molecule has 0 amide bonds. The zero-order chi connectivity index (χ0) is 14.4. The van der Waals surface area contributed by atoms with Gasteiger partial charge in [-0.1, -0.05) is 30.3 Å². The number of anilines is 2. The van der Waals surface area contributed by atoms with Crippen molar-refractivity contribution in [1.82, 2.24) is 4.98 Å². The van der Waals surface area contributed by atoms with Gasteiger partial charge in [-0.3, -0.25) is 0 Å². The molecule has 1 atom stereocenters. The summed E-state index contributed by atoms with van der Waals surface area (Å²) in [5, 5.41) is 16.3. The Morgan fingerprint density at radius 1 is 1.20 bits per heavy atom. The van der Waals surface area contributed by atoms with Crippen molar-refractivity contribution in [3.05, 3.63) is 54.2 Å². The zero-order valence-electron chi connectivity index (χ0n) is 11.9. The number of hydrogen-bond acceptors (Lipinski definition) is 4. The Morgan fingerprint density at radius 2 is 1.95 bits per heavy atom. The SMILES string of the molecule is CCNc1cc(NC(C)(CO)c2ccccc2)ccn1. The van der Waals surface area contributed by atoms with Crippen LogP contribution in [-0.2, 0) is 5.54 Å². The lowest BCUT2D eigenvalue weighted by atomic mass is 9.92. The number of aliphatic hydroxyl groups is 1. The molecule has 1 heterocycles. The molecule has 2 rings (SSSR count). The van der Waals surface area contributed by atoms with Crippen molar-refractivity contribution >= 4 is 11.5 Å². The van der Waals surface area contributed by atoms with E-state index in [2.05, 4.69) is 15.6 Å². The van der Waals surface area contributed by atoms with Gasteiger partial charge in [-0.2, -0.15) is 0 Å². The molecule has 0 aliphatic heterocycles. The van der Waals surface area contributed by atoms with E-state index in [-0.39, 0.29) is 6.61 Å². The van der Waals surface area contributed by atoms with E-state index < -0.39 is 5.54 Å². The van der Waals surface area contributed by atoms with E-state index in [1.54, 1.807) is 6.20 Å². The van der Waals surface area contributed by atoms with Gasteiger partial charge in [-0.05, 0) is 25.5 Å². The standard InChI is InChI=1S/C16H21N3O/c1-3-17-15-11-14(9-10-18-15)19-16(2,12-20)13-7-5-4-6-8-13/h4-11,20H,3,12H2,1-2H3,(H2,17,18,19). The zero-order valence-corrected chi connectivity index (χ0v) is 11.9. The number of aromatic nitrogens is 1. The Hall–Kier alpha value is -2.07. The Bertz CT molecular complexity index is 544. The van der Waals surface area contributed by atoms with Crippen molar-refractivity contribution in [2.75, 3.05) is 23.8 Å². The summed E-state index contributed by atoms with van der Waals surface area (Å²) < 4.78 is 0. The van der Waals surface area contributed by atoms with E-state index in [0.29, 0.717) is 0 Å². The fourth-order valence-corrected chi connectivity index (χ4v) is 2.11. The summed E-state index contributed by atoms with van der Waals surface area (Å²) in [6.45, 7) is 4.85. The van der Waals surface area contributed by atoms with Gasteiger partial charge in [0.25, 0.3) is 0 Å². The van der Waals surface area contributed by atoms with Crippen molar-refractivity contribution in [2.24, 2.45) is 0 Å². The third kappa shape index (κ3) is 3.27. The number of nitrogens with zero attached hydrogens (tertiary/aromatic N) is 1. The van der Waals surface area contributed by atoms with E-state index in [1.807, 2.05) is 56.3 Å². The molecule has 1 unspecified atom stereocenters. The van der Waals surface area contributed by atoms with E-state index in [9.17, 15) is 5.11 Å². The first-order chi connectivity index (χ1) is 9.68. The van der Waals surface area contributed by atoms with Crippen LogP contribution >= 0.6 is 0 Å². The molecular weight excluding hydrogens is 250 g/mol. The molecule has 0 spiro atoms. The highest BCUT2D eigenvalue weighted by Crippen LogP contribution is 2.26. The first kappa shape index (κ1) is 14.3. The monoisotopic (exact) mass is 271 g/mol. The molecule has 0 radical (unpaired) electrons. The Kier molecular flexibility index (Phi) is 4.58. The molecule has 1 aromatic carbocycles. The molecule has 3 N–H and O–H groups in total. The fraction of sp³-hybridized carbons (Fsp3) is 0.312. The third-order valence-corrected chi connectivity index (χ3v) is 3.27. The van der Waals surface area contributed by atoms with Gasteiger partial charge in [-0.15, -0.1) is 0 Å². The highest BCUT2D eigenvalue weighted by atomic mass is 16.3. The maximum atomic E-state index is 9.78. The summed E-state index contributed by atoms with van der Waals surface area (Å²) in [6, 6.07) is 13.8. The third-order valence-electron chi connectivity index (χ3n) is 3.27. The van der Waals surface area contributed by atoms with Gasteiger partial charge in [0.1, 0.15) is 5.82 Å².